The maximum absolute atomic E-state index is 10.7. The summed E-state index contributed by atoms with van der Waals surface area (Å²) in [5.41, 5.74) is 8.63. The molecule has 5 nitrogen and oxygen atoms in total. The minimum atomic E-state index is -0.994. The lowest BCUT2D eigenvalue weighted by Crippen LogP contribution is -2.32. The Hall–Kier alpha value is -2.11. The van der Waals surface area contributed by atoms with Crippen LogP contribution in [0.25, 0.3) is 0 Å². The van der Waals surface area contributed by atoms with E-state index in [-0.39, 0.29) is 12.4 Å². The number of aryl methyl sites for hydroxylation is 1. The van der Waals surface area contributed by atoms with Gasteiger partial charge in [-0.1, -0.05) is 25.1 Å². The summed E-state index contributed by atoms with van der Waals surface area (Å²) in [7, 11) is 0. The second-order valence-electron chi connectivity index (χ2n) is 5.40. The lowest BCUT2D eigenvalue weighted by Gasteiger charge is -2.09. The summed E-state index contributed by atoms with van der Waals surface area (Å²) in [5.74, 6) is -0.241. The van der Waals surface area contributed by atoms with Crippen LogP contribution in [0.2, 0.25) is 0 Å². The molecule has 3 N–H and O–H groups in total. The molecule has 2 aromatic rings. The molecular weight excluding hydrogens is 328 g/mol. The van der Waals surface area contributed by atoms with E-state index in [1.165, 1.54) is 5.56 Å². The third-order valence-corrected chi connectivity index (χ3v) is 3.62. The van der Waals surface area contributed by atoms with E-state index in [1.54, 1.807) is 0 Å². The zero-order valence-corrected chi connectivity index (χ0v) is 14.5. The quantitative estimate of drug-likeness (QED) is 0.764. The fourth-order valence-electron chi connectivity index (χ4n) is 2.15. The van der Waals surface area contributed by atoms with Gasteiger partial charge in [0.15, 0.2) is 0 Å². The number of hydrogen-bond acceptors (Lipinski definition) is 4. The van der Waals surface area contributed by atoms with Crippen molar-refractivity contribution in [3.63, 3.8) is 0 Å². The van der Waals surface area contributed by atoms with Gasteiger partial charge in [-0.05, 0) is 42.2 Å². The van der Waals surface area contributed by atoms with Gasteiger partial charge in [0.2, 0.25) is 0 Å². The molecule has 0 amide bonds. The number of rotatable bonds is 8. The number of nitrogens with zero attached hydrogens (tertiary/aromatic N) is 1. The summed E-state index contributed by atoms with van der Waals surface area (Å²) in [6.07, 6.45) is 3.94. The molecule has 6 heteroatoms. The molecule has 0 saturated carbocycles. The number of aromatic nitrogens is 1. The Kier molecular flexibility index (Phi) is 8.22. The van der Waals surface area contributed by atoms with Crippen LogP contribution < -0.4 is 10.5 Å². The average molecular weight is 351 g/mol. The Bertz CT molecular complexity index is 630. The molecule has 0 aliphatic rings. The molecule has 0 radical (unpaired) electrons. The van der Waals surface area contributed by atoms with Crippen LogP contribution in [0.4, 0.5) is 0 Å². The Morgan fingerprint density at radius 3 is 2.42 bits per heavy atom. The minimum absolute atomic E-state index is 0. The topological polar surface area (TPSA) is 85.4 Å². The van der Waals surface area contributed by atoms with E-state index < -0.39 is 12.0 Å². The molecule has 1 aromatic heterocycles. The normalized spacial score (nSPS) is 11.4. The summed E-state index contributed by atoms with van der Waals surface area (Å²) in [6.45, 7) is 2.65. The van der Waals surface area contributed by atoms with Gasteiger partial charge in [-0.2, -0.15) is 0 Å². The van der Waals surface area contributed by atoms with Crippen molar-refractivity contribution < 1.29 is 14.6 Å². The van der Waals surface area contributed by atoms with Crippen molar-refractivity contribution in [2.24, 2.45) is 5.73 Å². The first-order chi connectivity index (χ1) is 11.1. The van der Waals surface area contributed by atoms with E-state index in [0.717, 1.165) is 29.8 Å². The summed E-state index contributed by atoms with van der Waals surface area (Å²) in [5, 5.41) is 8.80. The molecule has 0 saturated heterocycles. The third kappa shape index (κ3) is 6.18. The molecule has 2 rings (SSSR count). The van der Waals surface area contributed by atoms with Crippen LogP contribution in [-0.4, -0.2) is 28.7 Å². The molecule has 1 aromatic carbocycles. The molecule has 0 aliphatic carbocycles. The van der Waals surface area contributed by atoms with E-state index in [9.17, 15) is 4.79 Å². The number of halogens is 1. The van der Waals surface area contributed by atoms with E-state index in [4.69, 9.17) is 15.6 Å². The van der Waals surface area contributed by atoms with Crippen LogP contribution in [0, 0.1) is 0 Å². The number of hydrogen-bond donors (Lipinski definition) is 2. The number of carboxylic acids is 1. The fraction of sp³-hybridized carbons (Fsp3) is 0.333. The van der Waals surface area contributed by atoms with Crippen molar-refractivity contribution in [3.8, 4) is 5.75 Å². The van der Waals surface area contributed by atoms with Gasteiger partial charge in [-0.25, -0.2) is 0 Å². The number of ether oxygens (including phenoxy) is 1. The Morgan fingerprint density at radius 1 is 1.21 bits per heavy atom. The predicted octanol–water partition coefficient (Wildman–Crippen LogP) is 2.64. The van der Waals surface area contributed by atoms with E-state index in [1.807, 2.05) is 36.5 Å². The maximum Gasteiger partial charge on any atom is 0.320 e. The van der Waals surface area contributed by atoms with E-state index >= 15 is 0 Å². The maximum atomic E-state index is 10.7. The number of benzene rings is 1. The van der Waals surface area contributed by atoms with Crippen LogP contribution >= 0.6 is 12.4 Å². The van der Waals surface area contributed by atoms with Crippen LogP contribution in [0.1, 0.15) is 23.7 Å². The van der Waals surface area contributed by atoms with Crippen LogP contribution in [0.3, 0.4) is 0 Å². The number of carboxylic acid groups (broad SMARTS) is 1. The molecule has 1 heterocycles. The second-order valence-corrected chi connectivity index (χ2v) is 5.40. The molecule has 24 heavy (non-hydrogen) atoms. The number of nitrogens with two attached hydrogens (primary N) is 1. The molecule has 1 atom stereocenters. The molecular formula is C18H23ClN2O3. The van der Waals surface area contributed by atoms with Crippen LogP contribution in [-0.2, 0) is 24.1 Å². The van der Waals surface area contributed by atoms with Crippen LogP contribution in [0.15, 0.2) is 42.6 Å². The number of aliphatic carboxylic acids is 1. The molecule has 1 unspecified atom stereocenters. The highest BCUT2D eigenvalue weighted by Crippen LogP contribution is 2.14. The summed E-state index contributed by atoms with van der Waals surface area (Å²) < 4.78 is 5.69. The highest BCUT2D eigenvalue weighted by atomic mass is 35.5. The van der Waals surface area contributed by atoms with Gasteiger partial charge < -0.3 is 15.6 Å². The molecule has 130 valence electrons. The monoisotopic (exact) mass is 350 g/mol. The highest BCUT2D eigenvalue weighted by Gasteiger charge is 2.11. The zero-order valence-electron chi connectivity index (χ0n) is 13.6. The first-order valence-corrected chi connectivity index (χ1v) is 7.72. The molecule has 0 spiro atoms. The largest absolute Gasteiger partial charge is 0.493 e. The van der Waals surface area contributed by atoms with Crippen molar-refractivity contribution in [1.82, 2.24) is 4.98 Å². The van der Waals surface area contributed by atoms with Crippen molar-refractivity contribution in [3.05, 3.63) is 59.4 Å². The SMILES string of the molecule is CCc1ccc(CCOc2ccc(CC(N)C(=O)O)cc2)nc1.Cl. The van der Waals surface area contributed by atoms with Crippen molar-refractivity contribution in [1.29, 1.82) is 0 Å². The summed E-state index contributed by atoms with van der Waals surface area (Å²) in [4.78, 5) is 15.1. The smallest absolute Gasteiger partial charge is 0.320 e. The zero-order chi connectivity index (χ0) is 16.7. The van der Waals surface area contributed by atoms with Gasteiger partial charge in [0.05, 0.1) is 6.61 Å². The van der Waals surface area contributed by atoms with Crippen LogP contribution in [0.5, 0.6) is 5.75 Å². The fourth-order valence-corrected chi connectivity index (χ4v) is 2.15. The molecule has 0 fully saturated rings. The third-order valence-electron chi connectivity index (χ3n) is 3.62. The Labute approximate surface area is 148 Å². The standard InChI is InChI=1S/C18H22N2O3.ClH/c1-2-13-3-6-15(20-12-13)9-10-23-16-7-4-14(5-8-16)11-17(19)18(21)22;/h3-8,12,17H,2,9-11,19H2,1H3,(H,21,22);1H. The van der Waals surface area contributed by atoms with Gasteiger partial charge in [0.1, 0.15) is 11.8 Å². The Balaban J connectivity index is 0.00000288. The lowest BCUT2D eigenvalue weighted by molar-refractivity contribution is -0.138. The van der Waals surface area contributed by atoms with Gasteiger partial charge >= 0.3 is 5.97 Å². The number of carbonyl (C=O) groups is 1. The molecule has 0 bridgehead atoms. The average Bonchev–Trinajstić information content (AvgIpc) is 2.57. The van der Waals surface area contributed by atoms with Crippen molar-refractivity contribution in [2.45, 2.75) is 32.2 Å². The minimum Gasteiger partial charge on any atom is -0.493 e. The van der Waals surface area contributed by atoms with Gasteiger partial charge in [0.25, 0.3) is 0 Å². The lowest BCUT2D eigenvalue weighted by atomic mass is 10.1. The summed E-state index contributed by atoms with van der Waals surface area (Å²) >= 11 is 0. The molecule has 0 aliphatic heterocycles. The second kappa shape index (κ2) is 9.90. The predicted molar refractivity (Wildman–Crippen MR) is 95.8 cm³/mol. The van der Waals surface area contributed by atoms with Gasteiger partial charge in [-0.15, -0.1) is 12.4 Å². The van der Waals surface area contributed by atoms with Gasteiger partial charge in [0, 0.05) is 18.3 Å². The van der Waals surface area contributed by atoms with E-state index in [2.05, 4.69) is 18.0 Å². The Morgan fingerprint density at radius 2 is 1.88 bits per heavy atom. The first-order valence-electron chi connectivity index (χ1n) is 7.72. The van der Waals surface area contributed by atoms with Gasteiger partial charge in [-0.3, -0.25) is 9.78 Å². The van der Waals surface area contributed by atoms with Crippen molar-refractivity contribution >= 4 is 18.4 Å². The summed E-state index contributed by atoms with van der Waals surface area (Å²) in [6, 6.07) is 10.6. The van der Waals surface area contributed by atoms with Crippen molar-refractivity contribution in [2.75, 3.05) is 6.61 Å². The first kappa shape index (κ1) is 19.9. The van der Waals surface area contributed by atoms with E-state index in [0.29, 0.717) is 13.0 Å². The number of pyridine rings is 1. The highest BCUT2D eigenvalue weighted by molar-refractivity contribution is 5.85.